The smallest absolute Gasteiger partial charge is 0.407 e. The molecule has 0 saturated carbocycles. The van der Waals surface area contributed by atoms with E-state index in [4.69, 9.17) is 9.47 Å². The van der Waals surface area contributed by atoms with E-state index in [2.05, 4.69) is 30.6 Å². The van der Waals surface area contributed by atoms with Gasteiger partial charge < -0.3 is 49.5 Å². The second-order valence-corrected chi connectivity index (χ2v) is 16.5. The summed E-state index contributed by atoms with van der Waals surface area (Å²) < 4.78 is 29.7. The molecule has 8 rings (SSSR count). The molecule has 0 bridgehead atoms. The lowest BCUT2D eigenvalue weighted by molar-refractivity contribution is -0.136. The van der Waals surface area contributed by atoms with Gasteiger partial charge in [-0.2, -0.15) is 0 Å². The van der Waals surface area contributed by atoms with E-state index in [1.165, 1.54) is 7.11 Å². The van der Waals surface area contributed by atoms with E-state index in [1.54, 1.807) is 28.3 Å². The Labute approximate surface area is 345 Å². The van der Waals surface area contributed by atoms with Gasteiger partial charge in [-0.3, -0.25) is 9.59 Å². The van der Waals surface area contributed by atoms with Crippen molar-refractivity contribution in [3.05, 3.63) is 66.3 Å². The Bertz CT molecular complexity index is 2470. The van der Waals surface area contributed by atoms with E-state index in [9.17, 15) is 24.3 Å². The van der Waals surface area contributed by atoms with Crippen LogP contribution in [0.25, 0.3) is 44.7 Å². The number of methoxy groups -OCH3 is 1. The van der Waals surface area contributed by atoms with Gasteiger partial charge >= 0.3 is 12.2 Å². The first kappa shape index (κ1) is 40.4. The highest BCUT2D eigenvalue weighted by atomic mass is 19.1. The summed E-state index contributed by atoms with van der Waals surface area (Å²) in [6.45, 7) is 10.3. The number of aromatic amines is 2. The van der Waals surface area contributed by atoms with Crippen molar-refractivity contribution in [3.8, 4) is 39.5 Å². The molecule has 60 heavy (non-hydrogen) atoms. The van der Waals surface area contributed by atoms with Crippen LogP contribution in [0.3, 0.4) is 0 Å². The minimum Gasteiger partial charge on any atom is -0.470 e. The van der Waals surface area contributed by atoms with Crippen molar-refractivity contribution >= 4 is 34.9 Å². The molecule has 0 aliphatic carbocycles. The number of H-pyrrole nitrogens is 2. The number of carboxylic acid groups (broad SMARTS) is 1. The van der Waals surface area contributed by atoms with Gasteiger partial charge in [-0.05, 0) is 68.7 Å². The Morgan fingerprint density at radius 2 is 1.40 bits per heavy atom. The Kier molecular flexibility index (Phi) is 10.8. The number of benzene rings is 2. The average molecular weight is 824 g/mol. The third kappa shape index (κ3) is 7.19. The van der Waals surface area contributed by atoms with Crippen LogP contribution in [0.15, 0.2) is 48.8 Å². The predicted octanol–water partition coefficient (Wildman–Crippen LogP) is 7.14. The first-order valence-corrected chi connectivity index (χ1v) is 20.5. The summed E-state index contributed by atoms with van der Waals surface area (Å²) in [4.78, 5) is 70.1. The maximum absolute atomic E-state index is 16.7. The van der Waals surface area contributed by atoms with Crippen LogP contribution in [0.5, 0.6) is 5.75 Å². The van der Waals surface area contributed by atoms with Crippen molar-refractivity contribution in [1.29, 1.82) is 0 Å². The summed E-state index contributed by atoms with van der Waals surface area (Å²) in [7, 11) is 1.27. The maximum Gasteiger partial charge on any atom is 0.407 e. The number of rotatable bonds is 10. The van der Waals surface area contributed by atoms with E-state index in [-0.39, 0.29) is 41.6 Å². The molecule has 0 spiro atoms. The molecule has 3 unspecified atom stereocenters. The average Bonchev–Trinajstić information content (AvgIpc) is 4.08. The minimum absolute atomic E-state index is 0.157. The molecule has 316 valence electrons. The number of aromatic nitrogens is 5. The molecular weight excluding hydrogens is 774 g/mol. The van der Waals surface area contributed by atoms with E-state index < -0.39 is 30.5 Å². The van der Waals surface area contributed by atoms with Gasteiger partial charge in [0.2, 0.25) is 11.8 Å². The zero-order valence-electron chi connectivity index (χ0n) is 34.4. The number of amides is 4. The van der Waals surface area contributed by atoms with E-state index >= 15 is 4.39 Å². The van der Waals surface area contributed by atoms with Crippen LogP contribution in [-0.2, 0) is 14.3 Å². The summed E-state index contributed by atoms with van der Waals surface area (Å²) in [6, 6.07) is 8.89. The van der Waals surface area contributed by atoms with Crippen LogP contribution in [-0.4, -0.2) is 95.7 Å². The molecule has 5 aromatic rings. The van der Waals surface area contributed by atoms with Gasteiger partial charge in [0, 0.05) is 35.2 Å². The van der Waals surface area contributed by atoms with Gasteiger partial charge in [-0.15, -0.1) is 0 Å². The van der Waals surface area contributed by atoms with Crippen molar-refractivity contribution in [2.24, 2.45) is 11.8 Å². The van der Waals surface area contributed by atoms with E-state index in [0.717, 1.165) is 24.0 Å². The normalized spacial score (nSPS) is 19.6. The molecule has 2 saturated heterocycles. The highest BCUT2D eigenvalue weighted by Crippen LogP contribution is 2.46. The summed E-state index contributed by atoms with van der Waals surface area (Å²) in [5.41, 5.74) is 4.56. The first-order valence-electron chi connectivity index (χ1n) is 20.5. The number of halogens is 1. The number of nitrogens with one attached hydrogen (secondary N) is 4. The number of carbonyl (C=O) groups is 4. The van der Waals surface area contributed by atoms with Crippen molar-refractivity contribution in [1.82, 2.24) is 44.9 Å². The SMILES string of the molecule is COC(=O)NC(C(=O)N1CCC[C@H]1c1ncc(-c2ccc3c(c2)c(F)c2n3C(C)Oc3cc(-c4cnc([C@@H]5CCCN5C(=O)C(NC(=O)O)C(C)C)[nH]4)ccc3-2)[nH]1)C(C)C. The van der Waals surface area contributed by atoms with Gasteiger partial charge in [0.25, 0.3) is 0 Å². The van der Waals surface area contributed by atoms with Gasteiger partial charge in [0.05, 0.1) is 54.2 Å². The minimum atomic E-state index is -1.24. The second-order valence-electron chi connectivity index (χ2n) is 16.5. The predicted molar refractivity (Wildman–Crippen MR) is 219 cm³/mol. The second kappa shape index (κ2) is 16.0. The highest BCUT2D eigenvalue weighted by molar-refractivity contribution is 5.93. The molecule has 3 aliphatic rings. The van der Waals surface area contributed by atoms with E-state index in [0.29, 0.717) is 76.9 Å². The molecule has 2 fully saturated rings. The van der Waals surface area contributed by atoms with Gasteiger partial charge in [-0.1, -0.05) is 39.8 Å². The van der Waals surface area contributed by atoms with Crippen LogP contribution >= 0.6 is 0 Å². The van der Waals surface area contributed by atoms with Crippen LogP contribution in [0.4, 0.5) is 14.0 Å². The Morgan fingerprint density at radius 1 is 0.850 bits per heavy atom. The molecular formula is C43H50FN9O7. The quantitative estimate of drug-likeness (QED) is 0.0972. The molecule has 2 aromatic carbocycles. The number of likely N-dealkylation sites (tertiary alicyclic amines) is 2. The number of hydrogen-bond donors (Lipinski definition) is 5. The molecule has 5 atom stereocenters. The number of alkyl carbamates (subject to hydrolysis) is 1. The van der Waals surface area contributed by atoms with Crippen molar-refractivity contribution in [2.45, 2.75) is 90.7 Å². The third-order valence-corrected chi connectivity index (χ3v) is 12.0. The Balaban J connectivity index is 1.04. The summed E-state index contributed by atoms with van der Waals surface area (Å²) >= 11 is 0. The summed E-state index contributed by atoms with van der Waals surface area (Å²) in [6.07, 6.45) is 3.90. The molecule has 3 aromatic heterocycles. The molecule has 16 nitrogen and oxygen atoms in total. The lowest BCUT2D eigenvalue weighted by Gasteiger charge is -2.30. The maximum atomic E-state index is 16.7. The highest BCUT2D eigenvalue weighted by Gasteiger charge is 2.39. The zero-order chi connectivity index (χ0) is 42.6. The standard InChI is InChI=1S/C43H50FN9O7/c1-21(2)35(49-42(56)57)40(54)51-15-7-9-31(51)39-46-20-29(48-39)25-11-13-26-33(18-25)60-23(5)53-30-14-12-24(17-27(30)34(44)37(26)53)28-19-45-38(47-28)32-10-8-16-52(32)41(55)36(22(3)4)50-43(58)59-6/h11-14,17-23,31-32,35-36,49H,7-10,15-16H2,1-6H3,(H,45,47)(H,46,48)(H,50,58)(H,56,57)/t23?,31-,32-,35?,36?/m0/s1. The number of hydrogen-bond acceptors (Lipinski definition) is 8. The fraction of sp³-hybridized carbons (Fsp3) is 0.442. The number of carbonyl (C=O) groups excluding carboxylic acids is 3. The molecule has 0 radical (unpaired) electrons. The van der Waals surface area contributed by atoms with Crippen LogP contribution in [0.2, 0.25) is 0 Å². The number of nitrogens with zero attached hydrogens (tertiary/aromatic N) is 5. The van der Waals surface area contributed by atoms with Crippen LogP contribution in [0, 0.1) is 17.7 Å². The van der Waals surface area contributed by atoms with E-state index in [1.807, 2.05) is 69.5 Å². The number of imidazole rings is 2. The van der Waals surface area contributed by atoms with Crippen LogP contribution < -0.4 is 15.4 Å². The van der Waals surface area contributed by atoms with Crippen molar-refractivity contribution in [2.75, 3.05) is 20.2 Å². The number of ether oxygens (including phenoxy) is 2. The lowest BCUT2D eigenvalue weighted by Crippen LogP contribution is -2.51. The molecule has 3 aliphatic heterocycles. The third-order valence-electron chi connectivity index (χ3n) is 12.0. The zero-order valence-corrected chi connectivity index (χ0v) is 34.4. The number of fused-ring (bicyclic) bond motifs is 5. The van der Waals surface area contributed by atoms with Gasteiger partial charge in [0.15, 0.2) is 12.0 Å². The molecule has 4 amide bonds. The van der Waals surface area contributed by atoms with Gasteiger partial charge in [0.1, 0.15) is 29.5 Å². The molecule has 6 heterocycles. The topological polar surface area (TPSA) is 200 Å². The fourth-order valence-electron chi connectivity index (χ4n) is 8.93. The first-order chi connectivity index (χ1) is 28.7. The Morgan fingerprint density at radius 3 is 1.95 bits per heavy atom. The largest absolute Gasteiger partial charge is 0.470 e. The Hall–Kier alpha value is -6.39. The summed E-state index contributed by atoms with van der Waals surface area (Å²) in [5.74, 6) is 0.488. The van der Waals surface area contributed by atoms with Crippen molar-refractivity contribution in [3.63, 3.8) is 0 Å². The van der Waals surface area contributed by atoms with Crippen molar-refractivity contribution < 1.29 is 38.1 Å². The monoisotopic (exact) mass is 823 g/mol. The lowest BCUT2D eigenvalue weighted by atomic mass is 10.0. The van der Waals surface area contributed by atoms with Gasteiger partial charge in [-0.25, -0.2) is 23.9 Å². The fourth-order valence-corrected chi connectivity index (χ4v) is 8.93. The summed E-state index contributed by atoms with van der Waals surface area (Å²) in [5, 5.41) is 14.8. The van der Waals surface area contributed by atoms with Crippen LogP contribution in [0.1, 0.15) is 90.3 Å². The molecule has 17 heteroatoms. The molecule has 5 N–H and O–H groups in total.